The Morgan fingerprint density at radius 1 is 1.39 bits per heavy atom. The van der Waals surface area contributed by atoms with E-state index in [4.69, 9.17) is 32.1 Å². The molecule has 18 heavy (non-hydrogen) atoms. The zero-order valence-electron chi connectivity index (χ0n) is 10.1. The van der Waals surface area contributed by atoms with Crippen LogP contribution in [0.25, 0.3) is 0 Å². The van der Waals surface area contributed by atoms with Gasteiger partial charge < -0.3 is 19.7 Å². The molecule has 1 saturated heterocycles. The van der Waals surface area contributed by atoms with Crippen molar-refractivity contribution in [3.05, 3.63) is 0 Å². The van der Waals surface area contributed by atoms with Gasteiger partial charge in [0.1, 0.15) is 20.1 Å². The van der Waals surface area contributed by atoms with Crippen LogP contribution in [-0.4, -0.2) is 69.3 Å². The third-order valence-electron chi connectivity index (χ3n) is 2.50. The van der Waals surface area contributed by atoms with Crippen molar-refractivity contribution in [2.75, 3.05) is 26.9 Å². The first-order valence-corrected chi connectivity index (χ1v) is 6.66. The fourth-order valence-corrected chi connectivity index (χ4v) is 2.19. The van der Waals surface area contributed by atoms with Crippen molar-refractivity contribution in [3.8, 4) is 0 Å². The quantitative estimate of drug-likeness (QED) is 0.345. The minimum atomic E-state index is -2.31. The lowest BCUT2D eigenvalue weighted by Gasteiger charge is -2.18. The summed E-state index contributed by atoms with van der Waals surface area (Å²) in [5.74, 6) is 0. The average molecular weight is 279 g/mol. The van der Waals surface area contributed by atoms with Crippen molar-refractivity contribution in [2.45, 2.75) is 30.7 Å². The van der Waals surface area contributed by atoms with Crippen molar-refractivity contribution in [3.63, 3.8) is 0 Å². The van der Waals surface area contributed by atoms with Crippen LogP contribution in [0.5, 0.6) is 0 Å². The monoisotopic (exact) mass is 279 g/mol. The van der Waals surface area contributed by atoms with E-state index in [1.165, 1.54) is 7.11 Å². The summed E-state index contributed by atoms with van der Waals surface area (Å²) in [6.45, 7) is -0.0742. The Bertz CT molecular complexity index is 267. The van der Waals surface area contributed by atoms with Crippen LogP contribution in [0.4, 0.5) is 0 Å². The summed E-state index contributed by atoms with van der Waals surface area (Å²) < 4.78 is 31.5. The molecule has 0 aromatic carbocycles. The molecule has 2 radical (unpaired) electrons. The molecule has 0 saturated carbocycles. The summed E-state index contributed by atoms with van der Waals surface area (Å²) >= 11 is 0. The van der Waals surface area contributed by atoms with E-state index in [2.05, 4.69) is 4.52 Å². The van der Waals surface area contributed by atoms with E-state index in [1.807, 2.05) is 0 Å². The van der Waals surface area contributed by atoms with Crippen LogP contribution in [0.1, 0.15) is 6.42 Å². The number of ether oxygens (including phenoxy) is 2. The van der Waals surface area contributed by atoms with Gasteiger partial charge in [0.2, 0.25) is 0 Å². The molecule has 0 aliphatic carbocycles. The number of rotatable bonds is 8. The van der Waals surface area contributed by atoms with Crippen LogP contribution in [0.15, 0.2) is 0 Å². The van der Waals surface area contributed by atoms with Crippen LogP contribution in [0, 0.1) is 0 Å². The van der Waals surface area contributed by atoms with Gasteiger partial charge in [-0.1, -0.05) is 0 Å². The fourth-order valence-electron chi connectivity index (χ4n) is 1.65. The SMILES string of the molecule is [B]C1OC(CO)C(O[P+](=O)OC)C1OCCCO. The van der Waals surface area contributed by atoms with Crippen LogP contribution in [0.3, 0.4) is 0 Å². The van der Waals surface area contributed by atoms with E-state index in [1.54, 1.807) is 0 Å². The maximum atomic E-state index is 11.2. The fraction of sp³-hybridized carbons (Fsp3) is 1.00. The summed E-state index contributed by atoms with van der Waals surface area (Å²) in [5.41, 5.74) is 0. The number of aliphatic hydroxyl groups excluding tert-OH is 2. The van der Waals surface area contributed by atoms with Gasteiger partial charge in [0.05, 0.1) is 13.7 Å². The Morgan fingerprint density at radius 2 is 2.11 bits per heavy atom. The zero-order chi connectivity index (χ0) is 13.5. The van der Waals surface area contributed by atoms with E-state index in [9.17, 15) is 4.57 Å². The molecule has 1 aliphatic rings. The molecule has 1 aliphatic heterocycles. The molecule has 0 bridgehead atoms. The minimum absolute atomic E-state index is 0.00982. The summed E-state index contributed by atoms with van der Waals surface area (Å²) in [4.78, 5) is 0. The number of hydrogen-bond acceptors (Lipinski definition) is 7. The van der Waals surface area contributed by atoms with Crippen molar-refractivity contribution >= 4 is 16.1 Å². The van der Waals surface area contributed by atoms with Crippen molar-refractivity contribution in [1.82, 2.24) is 0 Å². The van der Waals surface area contributed by atoms with E-state index in [0.29, 0.717) is 6.42 Å². The normalized spacial score (nSPS) is 32.7. The third-order valence-corrected chi connectivity index (χ3v) is 3.21. The highest BCUT2D eigenvalue weighted by atomic mass is 31.1. The molecule has 5 atom stereocenters. The molecule has 0 spiro atoms. The molecular weight excluding hydrogens is 262 g/mol. The first-order chi connectivity index (χ1) is 8.63. The van der Waals surface area contributed by atoms with Crippen molar-refractivity contribution in [1.29, 1.82) is 0 Å². The molecule has 9 heteroatoms. The van der Waals surface area contributed by atoms with Crippen molar-refractivity contribution < 1.29 is 33.3 Å². The van der Waals surface area contributed by atoms with E-state index in [0.717, 1.165) is 0 Å². The van der Waals surface area contributed by atoms with Crippen LogP contribution >= 0.6 is 8.25 Å². The Balaban J connectivity index is 2.60. The third kappa shape index (κ3) is 4.24. The predicted octanol–water partition coefficient (Wildman–Crippen LogP) is -0.671. The average Bonchev–Trinajstić information content (AvgIpc) is 2.66. The summed E-state index contributed by atoms with van der Waals surface area (Å²) in [7, 11) is 4.63. The second kappa shape index (κ2) is 8.17. The highest BCUT2D eigenvalue weighted by molar-refractivity contribution is 7.33. The summed E-state index contributed by atoms with van der Waals surface area (Å²) in [5, 5.41) is 17.8. The summed E-state index contributed by atoms with van der Waals surface area (Å²) in [6.07, 6.45) is -1.71. The Hall–Kier alpha value is -0.0751. The minimum Gasteiger partial charge on any atom is -0.396 e. The second-order valence-corrected chi connectivity index (χ2v) is 4.73. The van der Waals surface area contributed by atoms with Crippen LogP contribution in [-0.2, 0) is 23.1 Å². The van der Waals surface area contributed by atoms with Crippen molar-refractivity contribution in [2.24, 2.45) is 0 Å². The lowest BCUT2D eigenvalue weighted by Crippen LogP contribution is -2.38. The Morgan fingerprint density at radius 3 is 2.67 bits per heavy atom. The van der Waals surface area contributed by atoms with Gasteiger partial charge >= 0.3 is 8.25 Å². The van der Waals surface area contributed by atoms with Crippen LogP contribution in [0.2, 0.25) is 0 Å². The molecule has 1 fully saturated rings. The molecule has 2 N–H and O–H groups in total. The molecule has 5 unspecified atom stereocenters. The van der Waals surface area contributed by atoms with Gasteiger partial charge in [0, 0.05) is 23.8 Å². The van der Waals surface area contributed by atoms with E-state index < -0.39 is 32.6 Å². The first kappa shape index (κ1) is 16.0. The maximum absolute atomic E-state index is 11.2. The number of hydrogen-bond donors (Lipinski definition) is 2. The smallest absolute Gasteiger partial charge is 0.396 e. The predicted molar refractivity (Wildman–Crippen MR) is 62.4 cm³/mol. The van der Waals surface area contributed by atoms with Crippen LogP contribution < -0.4 is 0 Å². The second-order valence-electron chi connectivity index (χ2n) is 3.71. The van der Waals surface area contributed by atoms with Gasteiger partial charge in [-0.3, -0.25) is 0 Å². The van der Waals surface area contributed by atoms with Gasteiger partial charge in [0.15, 0.2) is 6.10 Å². The molecular formula is C9H17BO7P+. The Labute approximate surface area is 108 Å². The lowest BCUT2D eigenvalue weighted by molar-refractivity contribution is -0.0210. The molecule has 1 rings (SSSR count). The van der Waals surface area contributed by atoms with Gasteiger partial charge in [-0.05, 0) is 6.42 Å². The highest BCUT2D eigenvalue weighted by Gasteiger charge is 2.48. The largest absolute Gasteiger partial charge is 0.697 e. The maximum Gasteiger partial charge on any atom is 0.697 e. The molecule has 102 valence electrons. The molecule has 0 aromatic rings. The molecule has 7 nitrogen and oxygen atoms in total. The van der Waals surface area contributed by atoms with Gasteiger partial charge in [-0.15, -0.1) is 9.05 Å². The number of aliphatic hydroxyl groups is 2. The molecule has 0 aromatic heterocycles. The zero-order valence-corrected chi connectivity index (χ0v) is 11.0. The molecule has 0 amide bonds. The van der Waals surface area contributed by atoms with Gasteiger partial charge in [0.25, 0.3) is 0 Å². The highest BCUT2D eigenvalue weighted by Crippen LogP contribution is 2.34. The van der Waals surface area contributed by atoms with Gasteiger partial charge in [-0.2, -0.15) is 0 Å². The topological polar surface area (TPSA) is 94.5 Å². The Kier molecular flexibility index (Phi) is 7.25. The van der Waals surface area contributed by atoms with E-state index in [-0.39, 0.29) is 19.8 Å². The standard InChI is InChI=1S/C9H17BO7P/c1-14-18(13)17-7-6(5-12)16-9(10)8(7)15-4-2-3-11/h6-9,11-12H,2-5H2,1H3/q+1. The van der Waals surface area contributed by atoms with E-state index >= 15 is 0 Å². The summed E-state index contributed by atoms with van der Waals surface area (Å²) in [6, 6.07) is -0.786. The lowest BCUT2D eigenvalue weighted by atomic mass is 9.93. The molecule has 1 heterocycles. The van der Waals surface area contributed by atoms with Gasteiger partial charge in [-0.25, -0.2) is 0 Å². The first-order valence-electron chi connectivity index (χ1n) is 5.56.